The third-order valence-corrected chi connectivity index (χ3v) is 4.63. The summed E-state index contributed by atoms with van der Waals surface area (Å²) in [6.45, 7) is 0. The number of aromatic nitrogens is 1. The van der Waals surface area contributed by atoms with Crippen molar-refractivity contribution in [1.29, 1.82) is 5.26 Å². The minimum absolute atomic E-state index is 0.161. The molecule has 10 heteroatoms. The van der Waals surface area contributed by atoms with Crippen molar-refractivity contribution in [2.45, 2.75) is 6.18 Å². The highest BCUT2D eigenvalue weighted by molar-refractivity contribution is 7.73. The Kier molecular flexibility index (Phi) is 4.67. The molecule has 2 aromatic carbocycles. The summed E-state index contributed by atoms with van der Waals surface area (Å²) >= 11 is 6.43. The van der Waals surface area contributed by atoms with Gasteiger partial charge in [-0.05, 0) is 54.7 Å². The Morgan fingerprint density at radius 1 is 1.23 bits per heavy atom. The summed E-state index contributed by atoms with van der Waals surface area (Å²) in [5.41, 5.74) is 6.59. The van der Waals surface area contributed by atoms with Gasteiger partial charge in [0.15, 0.2) is 10.1 Å². The summed E-state index contributed by atoms with van der Waals surface area (Å²) in [5.74, 6) is -0.161. The number of nitrogens with two attached hydrogens (primary N) is 1. The van der Waals surface area contributed by atoms with Crippen molar-refractivity contribution in [2.24, 2.45) is 10.7 Å². The van der Waals surface area contributed by atoms with E-state index in [0.717, 1.165) is 27.2 Å². The molecule has 0 aliphatic rings. The van der Waals surface area contributed by atoms with Crippen LogP contribution in [0.4, 0.5) is 24.5 Å². The molecule has 1 heterocycles. The van der Waals surface area contributed by atoms with E-state index in [-0.39, 0.29) is 11.6 Å². The molecule has 0 amide bonds. The number of H-pyrrole nitrogens is 1. The molecule has 0 atom stereocenters. The van der Waals surface area contributed by atoms with E-state index in [9.17, 15) is 18.4 Å². The molecule has 1 aromatic heterocycles. The van der Waals surface area contributed by atoms with E-state index in [1.54, 1.807) is 18.2 Å². The molecule has 132 valence electrons. The SMILES string of the molecule is N#CN(C(N)=Nc1ccc(C(F)(F)F)cc1)c1ccc2[nH]c(=S)sc2c1. The number of nitriles is 1. The number of aromatic amines is 1. The Bertz CT molecular complexity index is 1070. The van der Waals surface area contributed by atoms with Crippen LogP contribution in [-0.2, 0) is 6.18 Å². The van der Waals surface area contributed by atoms with E-state index in [0.29, 0.717) is 9.64 Å². The van der Waals surface area contributed by atoms with E-state index in [4.69, 9.17) is 18.0 Å². The van der Waals surface area contributed by atoms with Crippen LogP contribution in [0.3, 0.4) is 0 Å². The van der Waals surface area contributed by atoms with Crippen LogP contribution in [0, 0.1) is 15.4 Å². The number of rotatable bonds is 2. The molecule has 0 radical (unpaired) electrons. The Labute approximate surface area is 154 Å². The maximum absolute atomic E-state index is 12.6. The second-order valence-electron chi connectivity index (χ2n) is 5.15. The average molecular weight is 393 g/mol. The van der Waals surface area contributed by atoms with Gasteiger partial charge in [-0.3, -0.25) is 0 Å². The molecule has 0 spiro atoms. The number of aliphatic imine (C=N–C) groups is 1. The van der Waals surface area contributed by atoms with Crippen molar-refractivity contribution in [3.05, 3.63) is 52.0 Å². The number of hydrogen-bond acceptors (Lipinski definition) is 4. The highest BCUT2D eigenvalue weighted by Crippen LogP contribution is 2.30. The van der Waals surface area contributed by atoms with Gasteiger partial charge < -0.3 is 10.7 Å². The van der Waals surface area contributed by atoms with E-state index in [1.807, 2.05) is 6.19 Å². The Morgan fingerprint density at radius 2 is 1.92 bits per heavy atom. The zero-order valence-corrected chi connectivity index (χ0v) is 14.5. The Balaban J connectivity index is 1.92. The van der Waals surface area contributed by atoms with E-state index in [2.05, 4.69) is 9.98 Å². The third-order valence-electron chi connectivity index (χ3n) is 3.43. The summed E-state index contributed by atoms with van der Waals surface area (Å²) < 4.78 is 39.2. The number of nitrogens with zero attached hydrogens (tertiary/aromatic N) is 3. The number of nitrogens with one attached hydrogen (secondary N) is 1. The molecule has 5 nitrogen and oxygen atoms in total. The minimum Gasteiger partial charge on any atom is -0.368 e. The van der Waals surface area contributed by atoms with Crippen molar-refractivity contribution in [3.63, 3.8) is 0 Å². The minimum atomic E-state index is -4.43. The third kappa shape index (κ3) is 3.68. The zero-order valence-electron chi connectivity index (χ0n) is 12.9. The standard InChI is InChI=1S/C16H10F3N5S2/c17-16(18,19)9-1-3-10(4-2-9)22-14(21)24(8-20)11-5-6-12-13(7-11)26-15(25)23-12/h1-7H,(H2,21,22)(H,23,25). The summed E-state index contributed by atoms with van der Waals surface area (Å²) in [4.78, 5) is 8.11. The molecular formula is C16H10F3N5S2. The fourth-order valence-corrected chi connectivity index (χ4v) is 3.37. The van der Waals surface area contributed by atoms with Crippen molar-refractivity contribution >= 4 is 51.1 Å². The second-order valence-corrected chi connectivity index (χ2v) is 6.86. The summed E-state index contributed by atoms with van der Waals surface area (Å²) in [6, 6.07) is 9.33. The molecule has 3 rings (SSSR count). The van der Waals surface area contributed by atoms with Crippen LogP contribution in [0.25, 0.3) is 10.2 Å². The zero-order chi connectivity index (χ0) is 18.9. The molecule has 0 bridgehead atoms. The van der Waals surface area contributed by atoms with E-state index >= 15 is 0 Å². The van der Waals surface area contributed by atoms with Crippen LogP contribution in [-0.4, -0.2) is 10.9 Å². The van der Waals surface area contributed by atoms with E-state index in [1.165, 1.54) is 23.5 Å². The van der Waals surface area contributed by atoms with Crippen molar-refractivity contribution < 1.29 is 13.2 Å². The van der Waals surface area contributed by atoms with Crippen LogP contribution in [0.15, 0.2) is 47.5 Å². The van der Waals surface area contributed by atoms with Crippen molar-refractivity contribution in [2.75, 3.05) is 4.90 Å². The number of benzene rings is 2. The Hall–Kier alpha value is -2.90. The van der Waals surface area contributed by atoms with Crippen LogP contribution < -0.4 is 10.6 Å². The second kappa shape index (κ2) is 6.78. The predicted octanol–water partition coefficient (Wildman–Crippen LogP) is 4.91. The number of fused-ring (bicyclic) bond motifs is 1. The lowest BCUT2D eigenvalue weighted by atomic mass is 10.2. The van der Waals surface area contributed by atoms with Gasteiger partial charge in [-0.1, -0.05) is 0 Å². The van der Waals surface area contributed by atoms with Crippen LogP contribution in [0.5, 0.6) is 0 Å². The topological polar surface area (TPSA) is 81.2 Å². The largest absolute Gasteiger partial charge is 0.416 e. The first-order valence-corrected chi connectivity index (χ1v) is 8.34. The monoisotopic (exact) mass is 393 g/mol. The first-order chi connectivity index (χ1) is 12.3. The Morgan fingerprint density at radius 3 is 2.54 bits per heavy atom. The smallest absolute Gasteiger partial charge is 0.368 e. The fraction of sp³-hybridized carbons (Fsp3) is 0.0625. The number of hydrogen-bond donors (Lipinski definition) is 2. The maximum Gasteiger partial charge on any atom is 0.416 e. The summed E-state index contributed by atoms with van der Waals surface area (Å²) in [5, 5.41) is 9.40. The van der Waals surface area contributed by atoms with Gasteiger partial charge in [-0.25, -0.2) is 9.89 Å². The number of anilines is 1. The summed E-state index contributed by atoms with van der Waals surface area (Å²) in [7, 11) is 0. The highest BCUT2D eigenvalue weighted by atomic mass is 32.1. The lowest BCUT2D eigenvalue weighted by molar-refractivity contribution is -0.137. The number of alkyl halides is 3. The van der Waals surface area contributed by atoms with Crippen LogP contribution in [0.2, 0.25) is 0 Å². The number of thiazole rings is 1. The molecule has 0 unspecified atom stereocenters. The average Bonchev–Trinajstić information content (AvgIpc) is 2.94. The fourth-order valence-electron chi connectivity index (χ4n) is 2.22. The molecule has 0 aliphatic carbocycles. The van der Waals surface area contributed by atoms with Gasteiger partial charge in [0.2, 0.25) is 5.96 Å². The van der Waals surface area contributed by atoms with Gasteiger partial charge in [0.1, 0.15) is 0 Å². The maximum atomic E-state index is 12.6. The van der Waals surface area contributed by atoms with Crippen LogP contribution >= 0.6 is 23.6 Å². The molecule has 0 saturated carbocycles. The van der Waals surface area contributed by atoms with Gasteiger partial charge in [0, 0.05) is 0 Å². The molecular weight excluding hydrogens is 383 g/mol. The first-order valence-electron chi connectivity index (χ1n) is 7.12. The van der Waals surface area contributed by atoms with Crippen molar-refractivity contribution in [1.82, 2.24) is 4.98 Å². The number of halogens is 3. The number of guanidine groups is 1. The van der Waals surface area contributed by atoms with Crippen molar-refractivity contribution in [3.8, 4) is 6.19 Å². The molecule has 3 N–H and O–H groups in total. The van der Waals surface area contributed by atoms with Gasteiger partial charge in [0.25, 0.3) is 0 Å². The lowest BCUT2D eigenvalue weighted by Gasteiger charge is -2.14. The highest BCUT2D eigenvalue weighted by Gasteiger charge is 2.29. The summed E-state index contributed by atoms with van der Waals surface area (Å²) in [6.07, 6.45) is -2.52. The van der Waals surface area contributed by atoms with Gasteiger partial charge >= 0.3 is 6.18 Å². The quantitative estimate of drug-likeness (QED) is 0.213. The lowest BCUT2D eigenvalue weighted by Crippen LogP contribution is -2.33. The first kappa shape index (κ1) is 17.9. The molecule has 3 aromatic rings. The van der Waals surface area contributed by atoms with Gasteiger partial charge in [-0.15, -0.1) is 11.3 Å². The molecule has 0 saturated heterocycles. The normalized spacial score (nSPS) is 12.2. The molecule has 0 aliphatic heterocycles. The van der Waals surface area contributed by atoms with Gasteiger partial charge in [-0.2, -0.15) is 18.4 Å². The molecule has 0 fully saturated rings. The van der Waals surface area contributed by atoms with Gasteiger partial charge in [0.05, 0.1) is 27.2 Å². The predicted molar refractivity (Wildman–Crippen MR) is 97.8 cm³/mol. The van der Waals surface area contributed by atoms with E-state index < -0.39 is 11.7 Å². The molecule has 26 heavy (non-hydrogen) atoms. The van der Waals surface area contributed by atoms with Crippen LogP contribution in [0.1, 0.15) is 5.56 Å².